The maximum Gasteiger partial charge on any atom is 0.264 e. The third kappa shape index (κ3) is 6.16. The van der Waals surface area contributed by atoms with E-state index in [-0.39, 0.29) is 11.4 Å². The van der Waals surface area contributed by atoms with E-state index < -0.39 is 15.9 Å². The Balaban J connectivity index is 1.48. The first kappa shape index (κ1) is 25.5. The van der Waals surface area contributed by atoms with Crippen molar-refractivity contribution in [2.24, 2.45) is 0 Å². The summed E-state index contributed by atoms with van der Waals surface area (Å²) in [4.78, 5) is 15.3. The number of rotatable bonds is 9. The zero-order valence-corrected chi connectivity index (χ0v) is 21.3. The van der Waals surface area contributed by atoms with E-state index in [0.29, 0.717) is 31.2 Å². The van der Waals surface area contributed by atoms with Gasteiger partial charge in [-0.1, -0.05) is 35.9 Å². The van der Waals surface area contributed by atoms with Crippen molar-refractivity contribution < 1.29 is 22.7 Å². The predicted octanol–water partition coefficient (Wildman–Crippen LogP) is 3.35. The summed E-state index contributed by atoms with van der Waals surface area (Å²) < 4.78 is 38.8. The van der Waals surface area contributed by atoms with Gasteiger partial charge in [-0.15, -0.1) is 0 Å². The molecule has 0 saturated carbocycles. The predicted molar refractivity (Wildman–Crippen MR) is 140 cm³/mol. The highest BCUT2D eigenvalue weighted by molar-refractivity contribution is 7.92. The molecular formula is C27H31N3O5S. The van der Waals surface area contributed by atoms with Gasteiger partial charge in [0.25, 0.3) is 10.0 Å². The zero-order chi connectivity index (χ0) is 25.5. The average molecular weight is 510 g/mol. The quantitative estimate of drug-likeness (QED) is 0.476. The van der Waals surface area contributed by atoms with Crippen LogP contribution in [0.3, 0.4) is 0 Å². The minimum absolute atomic E-state index is 0.113. The molecule has 1 aliphatic heterocycles. The van der Waals surface area contributed by atoms with Crippen LogP contribution in [0.5, 0.6) is 5.75 Å². The molecule has 0 bridgehead atoms. The molecule has 1 amide bonds. The Labute approximate surface area is 212 Å². The summed E-state index contributed by atoms with van der Waals surface area (Å²) >= 11 is 0. The van der Waals surface area contributed by atoms with Gasteiger partial charge in [-0.2, -0.15) is 0 Å². The first-order chi connectivity index (χ1) is 17.4. The van der Waals surface area contributed by atoms with Crippen molar-refractivity contribution in [2.75, 3.05) is 49.2 Å². The van der Waals surface area contributed by atoms with Crippen LogP contribution in [0.4, 0.5) is 11.4 Å². The van der Waals surface area contributed by atoms with Gasteiger partial charge in [0.05, 0.1) is 30.9 Å². The average Bonchev–Trinajstić information content (AvgIpc) is 2.91. The molecular weight excluding hydrogens is 478 g/mol. The fourth-order valence-corrected chi connectivity index (χ4v) is 5.36. The monoisotopic (exact) mass is 509 g/mol. The lowest BCUT2D eigenvalue weighted by atomic mass is 10.2. The number of methoxy groups -OCH3 is 1. The highest BCUT2D eigenvalue weighted by Gasteiger charge is 2.27. The molecule has 0 atom stereocenters. The number of benzene rings is 3. The van der Waals surface area contributed by atoms with Crippen molar-refractivity contribution in [2.45, 2.75) is 18.4 Å². The van der Waals surface area contributed by atoms with Crippen molar-refractivity contribution in [1.82, 2.24) is 5.32 Å². The molecule has 36 heavy (non-hydrogen) atoms. The topological polar surface area (TPSA) is 88.2 Å². The van der Waals surface area contributed by atoms with Crippen LogP contribution in [0.25, 0.3) is 0 Å². The number of amides is 1. The Kier molecular flexibility index (Phi) is 8.12. The summed E-state index contributed by atoms with van der Waals surface area (Å²) in [6.45, 7) is 4.95. The zero-order valence-electron chi connectivity index (χ0n) is 20.5. The molecule has 4 rings (SSSR count). The van der Waals surface area contributed by atoms with Gasteiger partial charge in [-0.25, -0.2) is 8.42 Å². The van der Waals surface area contributed by atoms with Gasteiger partial charge in [0.15, 0.2) is 0 Å². The lowest BCUT2D eigenvalue weighted by Gasteiger charge is -2.29. The van der Waals surface area contributed by atoms with Crippen LogP contribution >= 0.6 is 0 Å². The maximum absolute atomic E-state index is 13.5. The Bertz CT molecular complexity index is 1270. The second-order valence-electron chi connectivity index (χ2n) is 8.57. The van der Waals surface area contributed by atoms with Crippen LogP contribution in [-0.2, 0) is 26.1 Å². The molecule has 0 aliphatic carbocycles. The number of nitrogens with zero attached hydrogens (tertiary/aromatic N) is 2. The lowest BCUT2D eigenvalue weighted by Crippen LogP contribution is -2.40. The molecule has 0 aromatic heterocycles. The molecule has 190 valence electrons. The summed E-state index contributed by atoms with van der Waals surface area (Å²) in [5, 5.41) is 2.85. The van der Waals surface area contributed by atoms with E-state index >= 15 is 0 Å². The van der Waals surface area contributed by atoms with E-state index in [1.54, 1.807) is 48.5 Å². The van der Waals surface area contributed by atoms with Crippen LogP contribution in [0.2, 0.25) is 0 Å². The number of nitrogens with one attached hydrogen (secondary N) is 1. The third-order valence-electron chi connectivity index (χ3n) is 6.04. The molecule has 1 fully saturated rings. The number of hydrogen-bond donors (Lipinski definition) is 1. The van der Waals surface area contributed by atoms with Crippen molar-refractivity contribution in [3.8, 4) is 5.75 Å². The minimum Gasteiger partial charge on any atom is -0.497 e. The summed E-state index contributed by atoms with van der Waals surface area (Å²) in [5.41, 5.74) is 3.33. The molecule has 3 aromatic rings. The van der Waals surface area contributed by atoms with Crippen LogP contribution in [-0.4, -0.2) is 54.3 Å². The Hall–Kier alpha value is -3.56. The van der Waals surface area contributed by atoms with Crippen molar-refractivity contribution >= 4 is 27.3 Å². The second-order valence-corrected chi connectivity index (χ2v) is 10.4. The van der Waals surface area contributed by atoms with E-state index in [9.17, 15) is 13.2 Å². The summed E-state index contributed by atoms with van der Waals surface area (Å²) in [5.74, 6) is 0.0862. The normalized spacial score (nSPS) is 13.8. The van der Waals surface area contributed by atoms with Gasteiger partial charge in [0.1, 0.15) is 12.3 Å². The number of sulfonamides is 1. The SMILES string of the molecule is COc1cccc(N(CC(=O)NCc2ccc(N3CCOCC3)cc2)S(=O)(=O)c2ccc(C)cc2)c1. The van der Waals surface area contributed by atoms with Crippen LogP contribution in [0.1, 0.15) is 11.1 Å². The van der Waals surface area contributed by atoms with Gasteiger partial charge < -0.3 is 19.7 Å². The number of anilines is 2. The molecule has 1 heterocycles. The van der Waals surface area contributed by atoms with Crippen molar-refractivity contribution in [1.29, 1.82) is 0 Å². The summed E-state index contributed by atoms with van der Waals surface area (Å²) in [6.07, 6.45) is 0. The molecule has 1 saturated heterocycles. The van der Waals surface area contributed by atoms with Gasteiger partial charge in [0.2, 0.25) is 5.91 Å². The number of carbonyl (C=O) groups excluding carboxylic acids is 1. The minimum atomic E-state index is -3.99. The molecule has 1 aliphatic rings. The standard InChI is InChI=1S/C27H31N3O5S/c1-21-6-12-26(13-7-21)36(32,33)30(24-4-3-5-25(18-24)34-2)20-27(31)28-19-22-8-10-23(11-9-22)29-14-16-35-17-15-29/h3-13,18H,14-17,19-20H2,1-2H3,(H,28,31). The van der Waals surface area contributed by atoms with Crippen LogP contribution in [0.15, 0.2) is 77.7 Å². The summed E-state index contributed by atoms with van der Waals surface area (Å²) in [7, 11) is -2.48. The van der Waals surface area contributed by atoms with Gasteiger partial charge in [0, 0.05) is 31.4 Å². The number of aryl methyl sites for hydroxylation is 1. The molecule has 0 radical (unpaired) electrons. The van der Waals surface area contributed by atoms with E-state index in [4.69, 9.17) is 9.47 Å². The number of morpholine rings is 1. The highest BCUT2D eigenvalue weighted by atomic mass is 32.2. The van der Waals surface area contributed by atoms with Gasteiger partial charge in [-0.3, -0.25) is 9.10 Å². The fraction of sp³-hybridized carbons (Fsp3) is 0.296. The van der Waals surface area contributed by atoms with E-state index in [1.807, 2.05) is 31.2 Å². The lowest BCUT2D eigenvalue weighted by molar-refractivity contribution is -0.119. The largest absolute Gasteiger partial charge is 0.497 e. The second kappa shape index (κ2) is 11.5. The fourth-order valence-electron chi connectivity index (χ4n) is 3.95. The first-order valence-electron chi connectivity index (χ1n) is 11.8. The van der Waals surface area contributed by atoms with Gasteiger partial charge >= 0.3 is 0 Å². The Morgan fingerprint density at radius 3 is 2.39 bits per heavy atom. The van der Waals surface area contributed by atoms with Crippen LogP contribution in [0, 0.1) is 6.92 Å². The molecule has 8 nitrogen and oxygen atoms in total. The highest BCUT2D eigenvalue weighted by Crippen LogP contribution is 2.27. The number of carbonyl (C=O) groups is 1. The van der Waals surface area contributed by atoms with E-state index in [2.05, 4.69) is 10.2 Å². The third-order valence-corrected chi connectivity index (χ3v) is 7.83. The number of hydrogen-bond acceptors (Lipinski definition) is 6. The molecule has 1 N–H and O–H groups in total. The van der Waals surface area contributed by atoms with Crippen LogP contribution < -0.4 is 19.3 Å². The molecule has 0 unspecified atom stereocenters. The van der Waals surface area contributed by atoms with Gasteiger partial charge in [-0.05, 0) is 48.9 Å². The summed E-state index contributed by atoms with van der Waals surface area (Å²) in [6, 6.07) is 21.2. The van der Waals surface area contributed by atoms with Crippen molar-refractivity contribution in [3.05, 3.63) is 83.9 Å². The van der Waals surface area contributed by atoms with Crippen molar-refractivity contribution in [3.63, 3.8) is 0 Å². The Morgan fingerprint density at radius 2 is 1.72 bits per heavy atom. The molecule has 3 aromatic carbocycles. The van der Waals surface area contributed by atoms with E-state index in [0.717, 1.165) is 34.2 Å². The molecule has 0 spiro atoms. The number of ether oxygens (including phenoxy) is 2. The first-order valence-corrected chi connectivity index (χ1v) is 13.2. The Morgan fingerprint density at radius 1 is 1.03 bits per heavy atom. The maximum atomic E-state index is 13.5. The smallest absolute Gasteiger partial charge is 0.264 e. The van der Waals surface area contributed by atoms with E-state index in [1.165, 1.54) is 7.11 Å². The molecule has 9 heteroatoms.